The average Bonchev–Trinajstić information content (AvgIpc) is 3.17. The van der Waals surface area contributed by atoms with Gasteiger partial charge in [-0.1, -0.05) is 36.4 Å². The molecule has 1 aliphatic heterocycles. The number of carbonyl (C=O) groups excluding carboxylic acids is 1. The highest BCUT2D eigenvalue weighted by molar-refractivity contribution is 6.02. The molecule has 2 aromatic carbocycles. The number of hydrogen-bond donors (Lipinski definition) is 0. The van der Waals surface area contributed by atoms with Crippen molar-refractivity contribution in [3.8, 4) is 5.75 Å². The molecule has 2 heterocycles. The summed E-state index contributed by atoms with van der Waals surface area (Å²) in [6.45, 7) is 0.561. The number of ether oxygens (including phenoxy) is 1. The molecule has 0 saturated carbocycles. The highest BCUT2D eigenvalue weighted by Crippen LogP contribution is 2.19. The van der Waals surface area contributed by atoms with E-state index in [0.29, 0.717) is 12.3 Å². The molecule has 0 bridgehead atoms. The van der Waals surface area contributed by atoms with Gasteiger partial charge >= 0.3 is 0 Å². The summed E-state index contributed by atoms with van der Waals surface area (Å²) in [7, 11) is 0. The van der Waals surface area contributed by atoms with Crippen LogP contribution < -0.4 is 4.74 Å². The summed E-state index contributed by atoms with van der Waals surface area (Å²) in [5.74, 6) is 0.512. The van der Waals surface area contributed by atoms with Crippen molar-refractivity contribution in [3.05, 3.63) is 72.4 Å². The maximum absolute atomic E-state index is 12.3. The first kappa shape index (κ1) is 15.3. The Morgan fingerprint density at radius 2 is 1.96 bits per heavy atom. The predicted molar refractivity (Wildman–Crippen MR) is 96.5 cm³/mol. The SMILES string of the molecule is O=C(COc1ccc2ncccc2c1)N1CCC(c2ccccc2)=N1. The molecule has 124 valence electrons. The summed E-state index contributed by atoms with van der Waals surface area (Å²) >= 11 is 0. The van der Waals surface area contributed by atoms with Crippen LogP contribution >= 0.6 is 0 Å². The van der Waals surface area contributed by atoms with Crippen LogP contribution in [0.4, 0.5) is 0 Å². The summed E-state index contributed by atoms with van der Waals surface area (Å²) < 4.78 is 5.64. The van der Waals surface area contributed by atoms with E-state index < -0.39 is 0 Å². The molecule has 5 heteroatoms. The third-order valence-corrected chi connectivity index (χ3v) is 4.13. The van der Waals surface area contributed by atoms with Crippen molar-refractivity contribution in [3.63, 3.8) is 0 Å². The smallest absolute Gasteiger partial charge is 0.280 e. The van der Waals surface area contributed by atoms with Gasteiger partial charge in [0, 0.05) is 18.0 Å². The highest BCUT2D eigenvalue weighted by Gasteiger charge is 2.21. The van der Waals surface area contributed by atoms with Crippen molar-refractivity contribution in [1.29, 1.82) is 0 Å². The van der Waals surface area contributed by atoms with Crippen LogP contribution in [0.25, 0.3) is 10.9 Å². The molecule has 0 radical (unpaired) electrons. The maximum atomic E-state index is 12.3. The van der Waals surface area contributed by atoms with Crippen LogP contribution in [0.3, 0.4) is 0 Å². The molecule has 1 amide bonds. The quantitative estimate of drug-likeness (QED) is 0.737. The van der Waals surface area contributed by atoms with Gasteiger partial charge in [-0.05, 0) is 29.8 Å². The zero-order valence-corrected chi connectivity index (χ0v) is 13.6. The number of benzene rings is 2. The Labute approximate surface area is 145 Å². The summed E-state index contributed by atoms with van der Waals surface area (Å²) in [4.78, 5) is 16.6. The molecule has 0 atom stereocenters. The van der Waals surface area contributed by atoms with E-state index >= 15 is 0 Å². The molecule has 5 nitrogen and oxygen atoms in total. The second-order valence-corrected chi connectivity index (χ2v) is 5.83. The Hall–Kier alpha value is -3.21. The van der Waals surface area contributed by atoms with E-state index in [4.69, 9.17) is 4.74 Å². The molecule has 0 fully saturated rings. The van der Waals surface area contributed by atoms with E-state index in [1.807, 2.05) is 60.7 Å². The van der Waals surface area contributed by atoms with E-state index in [-0.39, 0.29) is 12.5 Å². The van der Waals surface area contributed by atoms with Crippen molar-refractivity contribution in [2.45, 2.75) is 6.42 Å². The molecule has 0 N–H and O–H groups in total. The average molecular weight is 331 g/mol. The summed E-state index contributed by atoms with van der Waals surface area (Å²) in [6, 6.07) is 19.4. The molecule has 0 saturated heterocycles. The predicted octanol–water partition coefficient (Wildman–Crippen LogP) is 3.25. The standard InChI is InChI=1S/C20H17N3O2/c24-20(23-12-10-19(22-23)15-5-2-1-3-6-15)14-25-17-8-9-18-16(13-17)7-4-11-21-18/h1-9,11,13H,10,12,14H2. The van der Waals surface area contributed by atoms with Crippen LogP contribution in [0, 0.1) is 0 Å². The summed E-state index contributed by atoms with van der Waals surface area (Å²) in [5, 5.41) is 6.91. The summed E-state index contributed by atoms with van der Waals surface area (Å²) in [5.41, 5.74) is 2.89. The lowest BCUT2D eigenvalue weighted by molar-refractivity contribution is -0.132. The van der Waals surface area contributed by atoms with Crippen LogP contribution in [0.15, 0.2) is 72.0 Å². The lowest BCUT2D eigenvalue weighted by Crippen LogP contribution is -2.28. The van der Waals surface area contributed by atoms with Crippen LogP contribution in [-0.4, -0.2) is 34.8 Å². The molecule has 1 aromatic heterocycles. The van der Waals surface area contributed by atoms with Gasteiger partial charge in [-0.2, -0.15) is 5.10 Å². The van der Waals surface area contributed by atoms with E-state index in [9.17, 15) is 4.79 Å². The molecule has 0 spiro atoms. The number of fused-ring (bicyclic) bond motifs is 1. The van der Waals surface area contributed by atoms with Gasteiger partial charge in [0.2, 0.25) is 0 Å². The minimum absolute atomic E-state index is 0.0304. The van der Waals surface area contributed by atoms with Crippen molar-refractivity contribution in [2.75, 3.05) is 13.2 Å². The van der Waals surface area contributed by atoms with Crippen LogP contribution in [0.2, 0.25) is 0 Å². The number of nitrogens with zero attached hydrogens (tertiary/aromatic N) is 3. The Morgan fingerprint density at radius 3 is 2.84 bits per heavy atom. The van der Waals surface area contributed by atoms with Gasteiger partial charge in [-0.15, -0.1) is 0 Å². The number of rotatable bonds is 4. The van der Waals surface area contributed by atoms with E-state index in [1.54, 1.807) is 6.20 Å². The van der Waals surface area contributed by atoms with Crippen LogP contribution in [0.5, 0.6) is 5.75 Å². The molecule has 3 aromatic rings. The largest absolute Gasteiger partial charge is 0.484 e. The van der Waals surface area contributed by atoms with Crippen molar-refractivity contribution in [1.82, 2.24) is 9.99 Å². The monoisotopic (exact) mass is 331 g/mol. The second-order valence-electron chi connectivity index (χ2n) is 5.83. The Bertz CT molecular complexity index is 938. The van der Waals surface area contributed by atoms with Gasteiger partial charge in [0.05, 0.1) is 17.8 Å². The number of amides is 1. The second kappa shape index (κ2) is 6.73. The van der Waals surface area contributed by atoms with Crippen LogP contribution in [0.1, 0.15) is 12.0 Å². The third-order valence-electron chi connectivity index (χ3n) is 4.13. The number of hydrogen-bond acceptors (Lipinski definition) is 4. The molecular formula is C20H17N3O2. The van der Waals surface area contributed by atoms with E-state index in [0.717, 1.165) is 28.6 Å². The van der Waals surface area contributed by atoms with Gasteiger partial charge in [0.15, 0.2) is 6.61 Å². The van der Waals surface area contributed by atoms with Crippen molar-refractivity contribution < 1.29 is 9.53 Å². The first-order valence-corrected chi connectivity index (χ1v) is 8.20. The molecule has 0 unspecified atom stereocenters. The van der Waals surface area contributed by atoms with Crippen LogP contribution in [-0.2, 0) is 4.79 Å². The highest BCUT2D eigenvalue weighted by atomic mass is 16.5. The fraction of sp³-hybridized carbons (Fsp3) is 0.150. The lowest BCUT2D eigenvalue weighted by atomic mass is 10.1. The minimum Gasteiger partial charge on any atom is -0.484 e. The van der Waals surface area contributed by atoms with Crippen molar-refractivity contribution in [2.24, 2.45) is 5.10 Å². The maximum Gasteiger partial charge on any atom is 0.280 e. The van der Waals surface area contributed by atoms with Gasteiger partial charge in [0.25, 0.3) is 5.91 Å². The first-order chi connectivity index (χ1) is 12.3. The molecule has 4 rings (SSSR count). The number of pyridine rings is 1. The number of carbonyl (C=O) groups is 1. The molecular weight excluding hydrogens is 314 g/mol. The van der Waals surface area contributed by atoms with Gasteiger partial charge in [-0.25, -0.2) is 5.01 Å². The fourth-order valence-corrected chi connectivity index (χ4v) is 2.83. The number of aromatic nitrogens is 1. The Kier molecular flexibility index (Phi) is 4.12. The normalized spacial score (nSPS) is 13.8. The Morgan fingerprint density at radius 1 is 1.08 bits per heavy atom. The van der Waals surface area contributed by atoms with E-state index in [2.05, 4.69) is 10.1 Å². The van der Waals surface area contributed by atoms with E-state index in [1.165, 1.54) is 5.01 Å². The molecule has 25 heavy (non-hydrogen) atoms. The zero-order chi connectivity index (χ0) is 17.1. The fourth-order valence-electron chi connectivity index (χ4n) is 2.83. The van der Waals surface area contributed by atoms with Gasteiger partial charge in [-0.3, -0.25) is 9.78 Å². The molecule has 1 aliphatic rings. The van der Waals surface area contributed by atoms with Gasteiger partial charge < -0.3 is 4.74 Å². The zero-order valence-electron chi connectivity index (χ0n) is 13.6. The lowest BCUT2D eigenvalue weighted by Gasteiger charge is -2.12. The Balaban J connectivity index is 1.41. The first-order valence-electron chi connectivity index (χ1n) is 8.20. The van der Waals surface area contributed by atoms with Crippen molar-refractivity contribution >= 4 is 22.5 Å². The summed E-state index contributed by atoms with van der Waals surface area (Å²) in [6.07, 6.45) is 2.51. The van der Waals surface area contributed by atoms with Gasteiger partial charge in [0.1, 0.15) is 5.75 Å². The minimum atomic E-state index is -0.141. The number of hydrazone groups is 1. The molecule has 0 aliphatic carbocycles. The topological polar surface area (TPSA) is 54.8 Å². The third kappa shape index (κ3) is 3.35.